The van der Waals surface area contributed by atoms with Crippen molar-refractivity contribution in [3.05, 3.63) is 35.5 Å². The van der Waals surface area contributed by atoms with Gasteiger partial charge in [-0.2, -0.15) is 4.98 Å². The van der Waals surface area contributed by atoms with Crippen LogP contribution in [0, 0.1) is 6.92 Å². The molecule has 1 N–H and O–H groups in total. The molecular weight excluding hydrogens is 354 g/mol. The highest BCUT2D eigenvalue weighted by Crippen LogP contribution is 2.33. The molecule has 0 atom stereocenters. The van der Waals surface area contributed by atoms with Gasteiger partial charge in [-0.3, -0.25) is 4.90 Å². The molecule has 0 amide bonds. The molecule has 3 heterocycles. The molecular formula is C21H29N5O2. The largest absolute Gasteiger partial charge is 0.454 e. The van der Waals surface area contributed by atoms with E-state index in [9.17, 15) is 0 Å². The fourth-order valence-electron chi connectivity index (χ4n) is 3.54. The monoisotopic (exact) mass is 383 g/mol. The Morgan fingerprint density at radius 2 is 1.75 bits per heavy atom. The van der Waals surface area contributed by atoms with E-state index in [-0.39, 0.29) is 5.54 Å². The molecule has 0 radical (unpaired) electrons. The second kappa shape index (κ2) is 7.47. The van der Waals surface area contributed by atoms with Crippen molar-refractivity contribution in [2.45, 2.75) is 39.8 Å². The number of piperazine rings is 1. The Kier molecular flexibility index (Phi) is 5.02. The van der Waals surface area contributed by atoms with Gasteiger partial charge in [-0.05, 0) is 45.4 Å². The number of rotatable bonds is 4. The molecule has 0 spiro atoms. The first kappa shape index (κ1) is 18.8. The summed E-state index contributed by atoms with van der Waals surface area (Å²) in [5, 5.41) is 3.38. The van der Waals surface area contributed by atoms with Gasteiger partial charge >= 0.3 is 0 Å². The van der Waals surface area contributed by atoms with Crippen LogP contribution in [-0.4, -0.2) is 53.4 Å². The van der Waals surface area contributed by atoms with Gasteiger partial charge in [-0.15, -0.1) is 0 Å². The van der Waals surface area contributed by atoms with Crippen molar-refractivity contribution >= 4 is 11.8 Å². The molecule has 0 saturated carbocycles. The topological polar surface area (TPSA) is 62.8 Å². The molecule has 2 aliphatic rings. The molecule has 1 fully saturated rings. The molecule has 4 rings (SSSR count). The Morgan fingerprint density at radius 3 is 2.50 bits per heavy atom. The fourth-order valence-corrected chi connectivity index (χ4v) is 3.54. The van der Waals surface area contributed by atoms with Crippen LogP contribution in [0.1, 0.15) is 32.0 Å². The zero-order valence-electron chi connectivity index (χ0n) is 17.2. The third-order valence-electron chi connectivity index (χ3n) is 4.87. The van der Waals surface area contributed by atoms with Crippen LogP contribution in [0.4, 0.5) is 11.8 Å². The summed E-state index contributed by atoms with van der Waals surface area (Å²) >= 11 is 0. The predicted octanol–water partition coefficient (Wildman–Crippen LogP) is 3.05. The highest BCUT2D eigenvalue weighted by Gasteiger charge is 2.21. The highest BCUT2D eigenvalue weighted by molar-refractivity contribution is 5.46. The van der Waals surface area contributed by atoms with Crippen LogP contribution in [-0.2, 0) is 6.54 Å². The van der Waals surface area contributed by atoms with Gasteiger partial charge in [0.05, 0.1) is 0 Å². The molecule has 7 nitrogen and oxygen atoms in total. The molecule has 150 valence electrons. The van der Waals surface area contributed by atoms with Gasteiger partial charge < -0.3 is 19.7 Å². The SMILES string of the molecule is Cc1cc(N2CCN(Cc3ccc4c(c3)OCO4)CC2)nc(NC(C)(C)C)n1. The van der Waals surface area contributed by atoms with Crippen LogP contribution in [0.15, 0.2) is 24.3 Å². The van der Waals surface area contributed by atoms with Gasteiger partial charge in [0, 0.05) is 50.0 Å². The summed E-state index contributed by atoms with van der Waals surface area (Å²) in [4.78, 5) is 14.1. The number of anilines is 2. The van der Waals surface area contributed by atoms with Gasteiger partial charge in [-0.1, -0.05) is 6.07 Å². The number of fused-ring (bicyclic) bond motifs is 1. The quantitative estimate of drug-likeness (QED) is 0.871. The van der Waals surface area contributed by atoms with Crippen LogP contribution in [0.3, 0.4) is 0 Å². The molecule has 0 aliphatic carbocycles. The van der Waals surface area contributed by atoms with Gasteiger partial charge in [0.1, 0.15) is 5.82 Å². The summed E-state index contributed by atoms with van der Waals surface area (Å²) in [6.07, 6.45) is 0. The first-order chi connectivity index (χ1) is 13.4. The Hall–Kier alpha value is -2.54. The second-order valence-electron chi connectivity index (χ2n) is 8.52. The maximum Gasteiger partial charge on any atom is 0.231 e. The van der Waals surface area contributed by atoms with Crippen LogP contribution in [0.5, 0.6) is 11.5 Å². The third-order valence-corrected chi connectivity index (χ3v) is 4.87. The molecule has 7 heteroatoms. The minimum Gasteiger partial charge on any atom is -0.454 e. The molecule has 2 aromatic rings. The lowest BCUT2D eigenvalue weighted by molar-refractivity contribution is 0.174. The second-order valence-corrected chi connectivity index (χ2v) is 8.52. The number of hydrogen-bond acceptors (Lipinski definition) is 7. The first-order valence-corrected chi connectivity index (χ1v) is 9.85. The van der Waals surface area contributed by atoms with Crippen LogP contribution < -0.4 is 19.7 Å². The van der Waals surface area contributed by atoms with E-state index >= 15 is 0 Å². The number of hydrogen-bond donors (Lipinski definition) is 1. The maximum atomic E-state index is 5.49. The van der Waals surface area contributed by atoms with E-state index in [1.165, 1.54) is 5.56 Å². The molecule has 0 unspecified atom stereocenters. The molecule has 0 bridgehead atoms. The first-order valence-electron chi connectivity index (χ1n) is 9.85. The minimum absolute atomic E-state index is 0.0611. The van der Waals surface area contributed by atoms with E-state index in [1.807, 2.05) is 13.0 Å². The van der Waals surface area contributed by atoms with Crippen molar-refractivity contribution < 1.29 is 9.47 Å². The number of nitrogens with zero attached hydrogens (tertiary/aromatic N) is 4. The lowest BCUT2D eigenvalue weighted by Crippen LogP contribution is -2.46. The molecule has 1 aromatic carbocycles. The lowest BCUT2D eigenvalue weighted by atomic mass is 10.1. The van der Waals surface area contributed by atoms with Crippen LogP contribution in [0.2, 0.25) is 0 Å². The molecule has 2 aliphatic heterocycles. The van der Waals surface area contributed by atoms with E-state index in [4.69, 9.17) is 14.5 Å². The van der Waals surface area contributed by atoms with Crippen LogP contribution >= 0.6 is 0 Å². The normalized spacial score (nSPS) is 17.1. The number of nitrogens with one attached hydrogen (secondary N) is 1. The fraction of sp³-hybridized carbons (Fsp3) is 0.524. The average Bonchev–Trinajstić information content (AvgIpc) is 3.08. The maximum absolute atomic E-state index is 5.49. The minimum atomic E-state index is -0.0611. The number of aryl methyl sites for hydroxylation is 1. The molecule has 28 heavy (non-hydrogen) atoms. The Labute approximate surface area is 166 Å². The summed E-state index contributed by atoms with van der Waals surface area (Å²) in [7, 11) is 0. The molecule has 1 saturated heterocycles. The van der Waals surface area contributed by atoms with Crippen molar-refractivity contribution in [1.82, 2.24) is 14.9 Å². The van der Waals surface area contributed by atoms with E-state index in [2.05, 4.69) is 59.1 Å². The Balaban J connectivity index is 1.37. The zero-order chi connectivity index (χ0) is 19.7. The predicted molar refractivity (Wildman–Crippen MR) is 110 cm³/mol. The van der Waals surface area contributed by atoms with Crippen LogP contribution in [0.25, 0.3) is 0 Å². The van der Waals surface area contributed by atoms with E-state index in [0.29, 0.717) is 12.7 Å². The van der Waals surface area contributed by atoms with E-state index in [1.54, 1.807) is 0 Å². The third kappa shape index (κ3) is 4.47. The summed E-state index contributed by atoms with van der Waals surface area (Å²) in [5.74, 6) is 3.39. The standard InChI is InChI=1S/C21H29N5O2/c1-15-11-19(23-20(22-15)24-21(2,3)4)26-9-7-25(8-10-26)13-16-5-6-17-18(12-16)28-14-27-17/h5-6,11-12H,7-10,13-14H2,1-4H3,(H,22,23,24). The van der Waals surface area contributed by atoms with Crippen molar-refractivity contribution in [2.24, 2.45) is 0 Å². The van der Waals surface area contributed by atoms with E-state index in [0.717, 1.165) is 55.7 Å². The van der Waals surface area contributed by atoms with Crippen molar-refractivity contribution in [3.63, 3.8) is 0 Å². The van der Waals surface area contributed by atoms with Gasteiger partial charge in [0.15, 0.2) is 11.5 Å². The van der Waals surface area contributed by atoms with E-state index < -0.39 is 0 Å². The number of benzene rings is 1. The average molecular weight is 383 g/mol. The molecule has 1 aromatic heterocycles. The summed E-state index contributed by atoms with van der Waals surface area (Å²) in [5.41, 5.74) is 2.18. The smallest absolute Gasteiger partial charge is 0.231 e. The van der Waals surface area contributed by atoms with Crippen molar-refractivity contribution in [2.75, 3.05) is 43.2 Å². The van der Waals surface area contributed by atoms with Crippen molar-refractivity contribution in [1.29, 1.82) is 0 Å². The Morgan fingerprint density at radius 1 is 1.00 bits per heavy atom. The van der Waals surface area contributed by atoms with Crippen molar-refractivity contribution in [3.8, 4) is 11.5 Å². The summed E-state index contributed by atoms with van der Waals surface area (Å²) in [6.45, 7) is 13.5. The number of aromatic nitrogens is 2. The highest BCUT2D eigenvalue weighted by atomic mass is 16.7. The summed E-state index contributed by atoms with van der Waals surface area (Å²) in [6, 6.07) is 8.29. The van der Waals surface area contributed by atoms with Gasteiger partial charge in [0.25, 0.3) is 0 Å². The zero-order valence-corrected chi connectivity index (χ0v) is 17.2. The van der Waals surface area contributed by atoms with Gasteiger partial charge in [0.2, 0.25) is 12.7 Å². The lowest BCUT2D eigenvalue weighted by Gasteiger charge is -2.35. The Bertz CT molecular complexity index is 841. The number of ether oxygens (including phenoxy) is 2. The van der Waals surface area contributed by atoms with Gasteiger partial charge in [-0.25, -0.2) is 4.98 Å². The summed E-state index contributed by atoms with van der Waals surface area (Å²) < 4.78 is 10.9.